The monoisotopic (exact) mass is 374 g/mol. The molecule has 1 rings (SSSR count). The highest BCUT2D eigenvalue weighted by atomic mass is 32.2. The van der Waals surface area contributed by atoms with Crippen LogP contribution >= 0.6 is 0 Å². The summed E-state index contributed by atoms with van der Waals surface area (Å²) in [7, 11) is -9.79. The molecule has 0 saturated heterocycles. The van der Waals surface area contributed by atoms with Gasteiger partial charge >= 0.3 is 5.51 Å². The van der Waals surface area contributed by atoms with E-state index in [9.17, 15) is 34.8 Å². The number of alkyl halides is 3. The summed E-state index contributed by atoms with van der Waals surface area (Å²) in [5, 5.41) is 0. The first-order chi connectivity index (χ1) is 10.4. The highest BCUT2D eigenvalue weighted by molar-refractivity contribution is 7.92. The number of halogens is 3. The lowest BCUT2D eigenvalue weighted by Crippen LogP contribution is -2.41. The van der Waals surface area contributed by atoms with Crippen LogP contribution in [0.15, 0.2) is 34.1 Å². The van der Waals surface area contributed by atoms with Crippen molar-refractivity contribution in [1.29, 1.82) is 0 Å². The highest BCUT2D eigenvalue weighted by Crippen LogP contribution is 2.30. The molecule has 0 atom stereocenters. The van der Waals surface area contributed by atoms with E-state index in [1.54, 1.807) is 11.8 Å². The zero-order valence-corrected chi connectivity index (χ0v) is 13.3. The number of hydrazine groups is 1. The largest absolute Gasteiger partial charge is 0.501 e. The Morgan fingerprint density at radius 2 is 1.52 bits per heavy atom. The lowest BCUT2D eigenvalue weighted by atomic mass is 10.3. The zero-order valence-electron chi connectivity index (χ0n) is 11.7. The first-order valence-electron chi connectivity index (χ1n) is 6.14. The van der Waals surface area contributed by atoms with Gasteiger partial charge in [0.15, 0.2) is 0 Å². The molecule has 1 aromatic carbocycles. The molecule has 0 fully saturated rings. The van der Waals surface area contributed by atoms with E-state index in [1.807, 2.05) is 5.43 Å². The van der Waals surface area contributed by atoms with Gasteiger partial charge < -0.3 is 0 Å². The fourth-order valence-corrected chi connectivity index (χ4v) is 3.03. The first kappa shape index (κ1) is 19.4. The zero-order chi connectivity index (χ0) is 17.9. The lowest BCUT2D eigenvalue weighted by Gasteiger charge is -2.10. The number of sulfone groups is 1. The summed E-state index contributed by atoms with van der Waals surface area (Å²) in [6.07, 6.45) is 0.558. The van der Waals surface area contributed by atoms with E-state index >= 15 is 0 Å². The Hall–Kier alpha value is -1.66. The fraction of sp³-hybridized carbons (Fsp3) is 0.364. The van der Waals surface area contributed by atoms with Crippen LogP contribution < -0.4 is 10.3 Å². The number of amides is 1. The van der Waals surface area contributed by atoms with Crippen LogP contribution in [0.25, 0.3) is 0 Å². The molecule has 0 aliphatic heterocycles. The van der Waals surface area contributed by atoms with Gasteiger partial charge in [-0.2, -0.15) is 13.2 Å². The molecule has 0 saturated carbocycles. The van der Waals surface area contributed by atoms with Gasteiger partial charge in [0.25, 0.3) is 19.9 Å². The third kappa shape index (κ3) is 4.65. The molecule has 130 valence electrons. The second-order valence-electron chi connectivity index (χ2n) is 4.32. The van der Waals surface area contributed by atoms with Gasteiger partial charge in [0.2, 0.25) is 5.91 Å². The molecular weight excluding hydrogens is 361 g/mol. The molecule has 7 nitrogen and oxygen atoms in total. The summed E-state index contributed by atoms with van der Waals surface area (Å²) in [6, 6.07) is 2.41. The van der Waals surface area contributed by atoms with Crippen molar-refractivity contribution in [1.82, 2.24) is 10.3 Å². The Bertz CT molecular complexity index is 771. The molecule has 0 bridgehead atoms. The van der Waals surface area contributed by atoms with Crippen LogP contribution in [0.1, 0.15) is 19.8 Å². The van der Waals surface area contributed by atoms with Gasteiger partial charge in [-0.3, -0.25) is 10.2 Å². The summed E-state index contributed by atoms with van der Waals surface area (Å²) < 4.78 is 83.0. The summed E-state index contributed by atoms with van der Waals surface area (Å²) in [5.74, 6) is -0.590. The first-order valence-corrected chi connectivity index (χ1v) is 9.10. The Morgan fingerprint density at radius 3 is 1.96 bits per heavy atom. The number of carbonyl (C=O) groups excluding carboxylic acids is 1. The van der Waals surface area contributed by atoms with Crippen LogP contribution in [0.3, 0.4) is 0 Å². The predicted molar refractivity (Wildman–Crippen MR) is 73.1 cm³/mol. The Labute approximate surface area is 130 Å². The van der Waals surface area contributed by atoms with Gasteiger partial charge in [-0.1, -0.05) is 6.92 Å². The summed E-state index contributed by atoms with van der Waals surface area (Å²) in [4.78, 5) is 11.3. The van der Waals surface area contributed by atoms with Crippen LogP contribution in [0.2, 0.25) is 0 Å². The van der Waals surface area contributed by atoms with E-state index in [1.165, 1.54) is 0 Å². The SMILES string of the molecule is CCCC(=O)NNS(=O)(=O)c1ccc(S(=O)(=O)C(F)(F)F)cc1. The van der Waals surface area contributed by atoms with Crippen molar-refractivity contribution >= 4 is 25.8 Å². The Balaban J connectivity index is 2.98. The smallest absolute Gasteiger partial charge is 0.278 e. The maximum Gasteiger partial charge on any atom is 0.501 e. The van der Waals surface area contributed by atoms with Crippen LogP contribution in [0, 0.1) is 0 Å². The quantitative estimate of drug-likeness (QED) is 0.725. The fourth-order valence-electron chi connectivity index (χ4n) is 1.40. The normalized spacial score (nSPS) is 12.9. The number of hydrogen-bond acceptors (Lipinski definition) is 5. The minimum atomic E-state index is -5.56. The second kappa shape index (κ2) is 6.84. The van der Waals surface area contributed by atoms with Crippen LogP contribution in [-0.4, -0.2) is 28.3 Å². The number of nitrogens with one attached hydrogen (secondary N) is 2. The molecule has 0 heterocycles. The van der Waals surface area contributed by atoms with E-state index < -0.39 is 41.1 Å². The summed E-state index contributed by atoms with van der Waals surface area (Å²) >= 11 is 0. The van der Waals surface area contributed by atoms with E-state index in [0.29, 0.717) is 30.7 Å². The van der Waals surface area contributed by atoms with Gasteiger partial charge in [0.05, 0.1) is 9.79 Å². The number of benzene rings is 1. The van der Waals surface area contributed by atoms with E-state index in [-0.39, 0.29) is 6.42 Å². The van der Waals surface area contributed by atoms with Gasteiger partial charge in [-0.25, -0.2) is 16.8 Å². The molecule has 0 radical (unpaired) electrons. The van der Waals surface area contributed by atoms with Crippen molar-refractivity contribution in [2.75, 3.05) is 0 Å². The number of rotatable bonds is 6. The average Bonchev–Trinajstić information content (AvgIpc) is 2.44. The average molecular weight is 374 g/mol. The van der Waals surface area contributed by atoms with Gasteiger partial charge in [-0.05, 0) is 30.7 Å². The maximum absolute atomic E-state index is 12.4. The highest BCUT2D eigenvalue weighted by Gasteiger charge is 2.46. The molecular formula is C11H13F3N2O5S2. The van der Waals surface area contributed by atoms with Crippen molar-refractivity contribution in [3.8, 4) is 0 Å². The second-order valence-corrected chi connectivity index (χ2v) is 7.95. The number of carbonyl (C=O) groups is 1. The summed E-state index contributed by atoms with van der Waals surface area (Å²) in [6.45, 7) is 1.70. The van der Waals surface area contributed by atoms with Crippen molar-refractivity contribution < 1.29 is 34.8 Å². The van der Waals surface area contributed by atoms with Crippen molar-refractivity contribution in [3.63, 3.8) is 0 Å². The molecule has 2 N–H and O–H groups in total. The predicted octanol–water partition coefficient (Wildman–Crippen LogP) is 1.09. The molecule has 0 unspecified atom stereocenters. The van der Waals surface area contributed by atoms with E-state index in [2.05, 4.69) is 0 Å². The molecule has 12 heteroatoms. The Kier molecular flexibility index (Phi) is 5.77. The van der Waals surface area contributed by atoms with Crippen molar-refractivity contribution in [2.24, 2.45) is 0 Å². The van der Waals surface area contributed by atoms with Gasteiger partial charge in [0, 0.05) is 6.42 Å². The van der Waals surface area contributed by atoms with Crippen LogP contribution in [-0.2, 0) is 24.7 Å². The third-order valence-corrected chi connectivity index (χ3v) is 5.32. The van der Waals surface area contributed by atoms with E-state index in [0.717, 1.165) is 0 Å². The molecule has 0 aliphatic rings. The minimum absolute atomic E-state index is 0.0747. The molecule has 1 amide bonds. The molecule has 0 aliphatic carbocycles. The maximum atomic E-state index is 12.4. The standard InChI is InChI=1S/C11H13F3N2O5S2/c1-2-3-10(17)15-16-23(20,21)9-6-4-8(5-7-9)22(18,19)11(12,13)14/h4-7,16H,2-3H2,1H3,(H,15,17). The number of hydrogen-bond donors (Lipinski definition) is 2. The van der Waals surface area contributed by atoms with Crippen LogP contribution in [0.5, 0.6) is 0 Å². The van der Waals surface area contributed by atoms with Gasteiger partial charge in [0.1, 0.15) is 0 Å². The van der Waals surface area contributed by atoms with Crippen LogP contribution in [0.4, 0.5) is 13.2 Å². The molecule has 0 spiro atoms. The molecule has 23 heavy (non-hydrogen) atoms. The van der Waals surface area contributed by atoms with Crippen molar-refractivity contribution in [2.45, 2.75) is 35.1 Å². The lowest BCUT2D eigenvalue weighted by molar-refractivity contribution is -0.121. The topological polar surface area (TPSA) is 109 Å². The number of sulfonamides is 1. The summed E-state index contributed by atoms with van der Waals surface area (Å²) in [5.41, 5.74) is -3.57. The van der Waals surface area contributed by atoms with Gasteiger partial charge in [-0.15, -0.1) is 4.83 Å². The van der Waals surface area contributed by atoms with Crippen molar-refractivity contribution in [3.05, 3.63) is 24.3 Å². The molecule has 0 aromatic heterocycles. The molecule has 1 aromatic rings. The third-order valence-electron chi connectivity index (χ3n) is 2.55. The Morgan fingerprint density at radius 1 is 1.04 bits per heavy atom. The van der Waals surface area contributed by atoms with E-state index in [4.69, 9.17) is 0 Å². The minimum Gasteiger partial charge on any atom is -0.278 e.